The monoisotopic (exact) mass is 522 g/mol. The number of carbonyl (C=O) groups is 1. The summed E-state index contributed by atoms with van der Waals surface area (Å²) < 4.78 is 7.66. The minimum absolute atomic E-state index is 0.0201. The highest BCUT2D eigenvalue weighted by Crippen LogP contribution is 2.50. The van der Waals surface area contributed by atoms with E-state index in [9.17, 15) is 9.90 Å². The second kappa shape index (κ2) is 11.2. The number of carboxylic acids is 1. The van der Waals surface area contributed by atoms with Crippen molar-refractivity contribution in [1.29, 1.82) is 0 Å². The third-order valence-corrected chi connectivity index (χ3v) is 7.03. The van der Waals surface area contributed by atoms with Crippen molar-refractivity contribution in [2.45, 2.75) is 67.0 Å². The van der Waals surface area contributed by atoms with Gasteiger partial charge in [-0.05, 0) is 87.9 Å². The number of anilines is 1. The van der Waals surface area contributed by atoms with Crippen molar-refractivity contribution in [3.63, 3.8) is 0 Å². The second-order valence-electron chi connectivity index (χ2n) is 10.5. The lowest BCUT2D eigenvalue weighted by Crippen LogP contribution is -2.23. The largest absolute Gasteiger partial charge is 0.495 e. The quantitative estimate of drug-likeness (QED) is 0.363. The standard InChI is InChI=1S/C26H28N2O3S.C4H10O/c1-14-7-8-20(15(2)9-14)23-17(4)24-25-18(10-19(31-5)12-27-25)13-28(32-6)26(24)16(3)21(23)11-22(29)30;1-4(2,3)5/h7-10,12H,11,13H2,1-6H3,(H,29,30);5H,1-3H3. The Morgan fingerprint density at radius 2 is 1.76 bits per heavy atom. The third-order valence-electron chi connectivity index (χ3n) is 6.27. The number of aliphatic carboxylic acids is 1. The zero-order chi connectivity index (χ0) is 27.7. The number of aryl methyl sites for hydroxylation is 2. The molecule has 0 radical (unpaired) electrons. The lowest BCUT2D eigenvalue weighted by molar-refractivity contribution is -0.136. The zero-order valence-corrected chi connectivity index (χ0v) is 24.1. The summed E-state index contributed by atoms with van der Waals surface area (Å²) in [5, 5.41) is 18.3. The Bertz CT molecular complexity index is 1320. The number of hydrogen-bond donors (Lipinski definition) is 2. The van der Waals surface area contributed by atoms with Gasteiger partial charge in [-0.15, -0.1) is 0 Å². The molecule has 0 fully saturated rings. The van der Waals surface area contributed by atoms with Crippen molar-refractivity contribution < 1.29 is 19.7 Å². The molecule has 2 heterocycles. The Morgan fingerprint density at radius 1 is 1.11 bits per heavy atom. The minimum atomic E-state index is -0.826. The fraction of sp³-hybridized carbons (Fsp3) is 0.400. The fourth-order valence-corrected chi connectivity index (χ4v) is 5.49. The molecule has 2 aromatic carbocycles. The first-order valence-corrected chi connectivity index (χ1v) is 13.5. The molecular formula is C30H38N2O4S. The maximum atomic E-state index is 11.9. The molecule has 3 aromatic rings. The van der Waals surface area contributed by atoms with Crippen molar-refractivity contribution in [1.82, 2.24) is 4.98 Å². The number of ether oxygens (including phenoxy) is 1. The van der Waals surface area contributed by atoms with Gasteiger partial charge in [-0.3, -0.25) is 9.78 Å². The molecule has 4 rings (SSSR count). The van der Waals surface area contributed by atoms with Gasteiger partial charge in [0.25, 0.3) is 0 Å². The summed E-state index contributed by atoms with van der Waals surface area (Å²) in [6.07, 6.45) is 3.79. The van der Waals surface area contributed by atoms with Crippen LogP contribution in [0.25, 0.3) is 22.4 Å². The van der Waals surface area contributed by atoms with Gasteiger partial charge in [0.2, 0.25) is 0 Å². The van der Waals surface area contributed by atoms with E-state index < -0.39 is 11.6 Å². The number of pyridine rings is 1. The number of methoxy groups -OCH3 is 1. The molecule has 0 amide bonds. The maximum absolute atomic E-state index is 11.9. The molecule has 7 heteroatoms. The third kappa shape index (κ3) is 6.28. The van der Waals surface area contributed by atoms with Gasteiger partial charge in [-0.2, -0.15) is 0 Å². The first-order chi connectivity index (χ1) is 17.3. The zero-order valence-electron chi connectivity index (χ0n) is 23.3. The first-order valence-electron chi connectivity index (χ1n) is 12.3. The van der Waals surface area contributed by atoms with Crippen molar-refractivity contribution in [2.24, 2.45) is 0 Å². The Balaban J connectivity index is 0.000000695. The van der Waals surface area contributed by atoms with Gasteiger partial charge in [0.15, 0.2) is 0 Å². The molecule has 0 atom stereocenters. The molecule has 0 bridgehead atoms. The number of aliphatic hydroxyl groups is 1. The van der Waals surface area contributed by atoms with Gasteiger partial charge < -0.3 is 19.3 Å². The summed E-state index contributed by atoms with van der Waals surface area (Å²) in [4.78, 5) is 16.7. The number of nitrogens with zero attached hydrogens (tertiary/aromatic N) is 2. The van der Waals surface area contributed by atoms with Crippen LogP contribution in [0.5, 0.6) is 5.75 Å². The molecule has 2 N–H and O–H groups in total. The van der Waals surface area contributed by atoms with Crippen LogP contribution in [0.15, 0.2) is 30.5 Å². The molecule has 1 aliphatic rings. The van der Waals surface area contributed by atoms with Crippen LogP contribution in [0.2, 0.25) is 0 Å². The van der Waals surface area contributed by atoms with Crippen molar-refractivity contribution >= 4 is 23.6 Å². The minimum Gasteiger partial charge on any atom is -0.495 e. The average molecular weight is 523 g/mol. The van der Waals surface area contributed by atoms with Crippen molar-refractivity contribution in [3.8, 4) is 28.1 Å². The summed E-state index contributed by atoms with van der Waals surface area (Å²) in [6.45, 7) is 14.2. The van der Waals surface area contributed by atoms with Crippen LogP contribution in [0.4, 0.5) is 5.69 Å². The normalized spacial score (nSPS) is 12.3. The van der Waals surface area contributed by atoms with Crippen molar-refractivity contribution in [3.05, 3.63) is 63.8 Å². The highest BCUT2D eigenvalue weighted by molar-refractivity contribution is 7.99. The average Bonchev–Trinajstić information content (AvgIpc) is 2.80. The van der Waals surface area contributed by atoms with E-state index in [0.29, 0.717) is 6.54 Å². The summed E-state index contributed by atoms with van der Waals surface area (Å²) in [5.41, 5.74) is 11.0. The molecule has 0 saturated heterocycles. The van der Waals surface area contributed by atoms with Crippen LogP contribution < -0.4 is 9.04 Å². The van der Waals surface area contributed by atoms with E-state index in [1.54, 1.807) is 46.0 Å². The first kappa shape index (κ1) is 28.5. The number of hydrogen-bond acceptors (Lipinski definition) is 6. The van der Waals surface area contributed by atoms with E-state index in [2.05, 4.69) is 43.3 Å². The van der Waals surface area contributed by atoms with E-state index in [4.69, 9.17) is 14.8 Å². The molecule has 0 saturated carbocycles. The Labute approximate surface area is 224 Å². The van der Waals surface area contributed by atoms with Crippen LogP contribution in [-0.2, 0) is 17.8 Å². The lowest BCUT2D eigenvalue weighted by Gasteiger charge is -2.35. The number of rotatable bonds is 5. The SMILES string of the molecule is CC(C)(C)O.COc1cnc2c(c1)CN(SC)c1c(C)c(CC(=O)O)c(-c3ccc(C)cc3C)c(C)c1-2. The predicted molar refractivity (Wildman–Crippen MR) is 154 cm³/mol. The van der Waals surface area contributed by atoms with Gasteiger partial charge in [0, 0.05) is 17.4 Å². The van der Waals surface area contributed by atoms with E-state index in [-0.39, 0.29) is 6.42 Å². The number of carboxylic acid groups (broad SMARTS) is 1. The smallest absolute Gasteiger partial charge is 0.307 e. The Morgan fingerprint density at radius 3 is 2.30 bits per heavy atom. The van der Waals surface area contributed by atoms with Crippen LogP contribution in [0.1, 0.15) is 54.2 Å². The molecule has 37 heavy (non-hydrogen) atoms. The van der Waals surface area contributed by atoms with E-state index >= 15 is 0 Å². The summed E-state index contributed by atoms with van der Waals surface area (Å²) in [7, 11) is 1.65. The number of fused-ring (bicyclic) bond motifs is 3. The molecule has 0 spiro atoms. The van der Waals surface area contributed by atoms with Crippen LogP contribution >= 0.6 is 11.9 Å². The van der Waals surface area contributed by atoms with E-state index in [0.717, 1.165) is 61.6 Å². The van der Waals surface area contributed by atoms with Gasteiger partial charge in [-0.25, -0.2) is 0 Å². The van der Waals surface area contributed by atoms with Gasteiger partial charge in [0.1, 0.15) is 5.75 Å². The van der Waals surface area contributed by atoms with Gasteiger partial charge >= 0.3 is 5.97 Å². The second-order valence-corrected chi connectivity index (χ2v) is 11.3. The highest BCUT2D eigenvalue weighted by Gasteiger charge is 2.31. The van der Waals surface area contributed by atoms with E-state index in [1.807, 2.05) is 19.2 Å². The predicted octanol–water partition coefficient (Wildman–Crippen LogP) is 6.66. The number of aromatic nitrogens is 1. The molecule has 6 nitrogen and oxygen atoms in total. The van der Waals surface area contributed by atoms with E-state index in [1.165, 1.54) is 5.56 Å². The summed E-state index contributed by atoms with van der Waals surface area (Å²) in [6, 6.07) is 8.40. The van der Waals surface area contributed by atoms with Crippen LogP contribution in [0, 0.1) is 27.7 Å². The molecule has 1 aromatic heterocycles. The van der Waals surface area contributed by atoms with Gasteiger partial charge in [-0.1, -0.05) is 35.7 Å². The molecule has 0 unspecified atom stereocenters. The number of benzene rings is 2. The molecular weight excluding hydrogens is 484 g/mol. The highest BCUT2D eigenvalue weighted by atomic mass is 32.2. The van der Waals surface area contributed by atoms with Crippen LogP contribution in [0.3, 0.4) is 0 Å². The summed E-state index contributed by atoms with van der Waals surface area (Å²) in [5.74, 6) is -0.0898. The van der Waals surface area contributed by atoms with Crippen molar-refractivity contribution in [2.75, 3.05) is 17.7 Å². The molecule has 1 aliphatic heterocycles. The summed E-state index contributed by atoms with van der Waals surface area (Å²) >= 11 is 1.64. The molecule has 198 valence electrons. The van der Waals surface area contributed by atoms with Crippen LogP contribution in [-0.4, -0.2) is 40.1 Å². The Hall–Kier alpha value is -3.03. The fourth-order valence-electron chi connectivity index (χ4n) is 4.81. The van der Waals surface area contributed by atoms with Gasteiger partial charge in [0.05, 0.1) is 43.3 Å². The topological polar surface area (TPSA) is 82.9 Å². The maximum Gasteiger partial charge on any atom is 0.307 e. The lowest BCUT2D eigenvalue weighted by atomic mass is 9.81. The Kier molecular flexibility index (Phi) is 8.60. The molecule has 0 aliphatic carbocycles.